The third-order valence-corrected chi connectivity index (χ3v) is 1.54. The molecule has 2 atom stereocenters. The second-order valence-corrected chi connectivity index (χ2v) is 2.25. The predicted octanol–water partition coefficient (Wildman–Crippen LogP) is -2.55. The molecule has 2 unspecified atom stereocenters. The molecule has 0 amide bonds. The van der Waals surface area contributed by atoms with Crippen LogP contribution in [-0.2, 0) is 4.79 Å². The van der Waals surface area contributed by atoms with Crippen LogP contribution < -0.4 is 35.3 Å². The van der Waals surface area contributed by atoms with Crippen molar-refractivity contribution in [1.82, 2.24) is 0 Å². The maximum atomic E-state index is 10.2. The number of carboxylic acid groups (broad SMARTS) is 1. The number of carboxylic acids is 1. The van der Waals surface area contributed by atoms with Crippen LogP contribution in [0.3, 0.4) is 0 Å². The summed E-state index contributed by atoms with van der Waals surface area (Å²) >= 11 is 0. The Labute approximate surface area is 83.3 Å². The Kier molecular flexibility index (Phi) is 8.04. The van der Waals surface area contributed by atoms with E-state index >= 15 is 0 Å². The SMILES string of the molecule is CCC(C)C(N)C(=O)O.[Na+]. The average molecular weight is 154 g/mol. The molecule has 0 saturated carbocycles. The van der Waals surface area contributed by atoms with Gasteiger partial charge in [0, 0.05) is 0 Å². The topological polar surface area (TPSA) is 63.3 Å². The summed E-state index contributed by atoms with van der Waals surface area (Å²) < 4.78 is 0. The summed E-state index contributed by atoms with van der Waals surface area (Å²) in [6.07, 6.45) is 0.813. The van der Waals surface area contributed by atoms with Crippen molar-refractivity contribution < 1.29 is 39.5 Å². The van der Waals surface area contributed by atoms with E-state index in [-0.39, 0.29) is 35.5 Å². The number of carbonyl (C=O) groups is 1. The van der Waals surface area contributed by atoms with Crippen molar-refractivity contribution in [2.45, 2.75) is 26.3 Å². The molecule has 0 aliphatic heterocycles. The van der Waals surface area contributed by atoms with Crippen LogP contribution >= 0.6 is 0 Å². The van der Waals surface area contributed by atoms with Crippen molar-refractivity contribution in [3.05, 3.63) is 0 Å². The number of hydrogen-bond donors (Lipinski definition) is 2. The largest absolute Gasteiger partial charge is 1.00 e. The molecule has 0 aromatic carbocycles. The van der Waals surface area contributed by atoms with Gasteiger partial charge < -0.3 is 10.8 Å². The Hall–Kier alpha value is 0.430. The molecule has 0 spiro atoms. The zero-order valence-electron chi connectivity index (χ0n) is 6.79. The molecule has 0 aliphatic carbocycles. The molecule has 54 valence electrons. The van der Waals surface area contributed by atoms with Crippen molar-refractivity contribution in [3.8, 4) is 0 Å². The van der Waals surface area contributed by atoms with E-state index in [0.29, 0.717) is 0 Å². The first kappa shape index (κ1) is 13.1. The smallest absolute Gasteiger partial charge is 0.480 e. The molecule has 0 fully saturated rings. The number of hydrogen-bond acceptors (Lipinski definition) is 2. The van der Waals surface area contributed by atoms with Gasteiger partial charge in [-0.05, 0) is 5.92 Å². The first-order chi connectivity index (χ1) is 4.09. The minimum atomic E-state index is -0.913. The van der Waals surface area contributed by atoms with Crippen LogP contribution in [0.25, 0.3) is 0 Å². The van der Waals surface area contributed by atoms with Crippen LogP contribution in [0.15, 0.2) is 0 Å². The van der Waals surface area contributed by atoms with Gasteiger partial charge in [-0.25, -0.2) is 0 Å². The summed E-state index contributed by atoms with van der Waals surface area (Å²) in [5, 5.41) is 8.36. The van der Waals surface area contributed by atoms with Crippen molar-refractivity contribution in [3.63, 3.8) is 0 Å². The van der Waals surface area contributed by atoms with Crippen molar-refractivity contribution in [1.29, 1.82) is 0 Å². The molecular weight excluding hydrogens is 141 g/mol. The van der Waals surface area contributed by atoms with Crippen LogP contribution in [0.1, 0.15) is 20.3 Å². The Morgan fingerprint density at radius 1 is 1.70 bits per heavy atom. The van der Waals surface area contributed by atoms with E-state index in [1.165, 1.54) is 0 Å². The number of rotatable bonds is 3. The van der Waals surface area contributed by atoms with E-state index in [4.69, 9.17) is 10.8 Å². The van der Waals surface area contributed by atoms with Gasteiger partial charge in [-0.3, -0.25) is 4.79 Å². The summed E-state index contributed by atoms with van der Waals surface area (Å²) in [7, 11) is 0. The summed E-state index contributed by atoms with van der Waals surface area (Å²) in [4.78, 5) is 10.2. The minimum Gasteiger partial charge on any atom is -0.480 e. The molecule has 0 radical (unpaired) electrons. The molecule has 3 nitrogen and oxygen atoms in total. The van der Waals surface area contributed by atoms with Gasteiger partial charge in [0.25, 0.3) is 0 Å². The number of aliphatic carboxylic acids is 1. The molecule has 0 heterocycles. The van der Waals surface area contributed by atoms with Gasteiger partial charge in [-0.15, -0.1) is 0 Å². The van der Waals surface area contributed by atoms with Gasteiger partial charge in [0.15, 0.2) is 0 Å². The molecule has 0 bridgehead atoms. The summed E-state index contributed by atoms with van der Waals surface area (Å²) in [5.41, 5.74) is 5.27. The Morgan fingerprint density at radius 2 is 2.10 bits per heavy atom. The summed E-state index contributed by atoms with van der Waals surface area (Å²) in [6, 6.07) is -0.699. The quantitative estimate of drug-likeness (QED) is 0.440. The first-order valence-electron chi connectivity index (χ1n) is 3.08. The molecular formula is C6H13NNaO2+. The fraction of sp³-hybridized carbons (Fsp3) is 0.833. The Bertz CT molecular complexity index is 108. The molecule has 0 rings (SSSR count). The van der Waals surface area contributed by atoms with Crippen LogP contribution in [0.2, 0.25) is 0 Å². The molecule has 10 heavy (non-hydrogen) atoms. The zero-order valence-corrected chi connectivity index (χ0v) is 8.79. The molecule has 4 heteroatoms. The van der Waals surface area contributed by atoms with E-state index in [1.807, 2.05) is 13.8 Å². The summed E-state index contributed by atoms with van der Waals surface area (Å²) in [5.74, 6) is -0.841. The molecule has 0 aromatic rings. The van der Waals surface area contributed by atoms with Gasteiger partial charge in [-0.1, -0.05) is 20.3 Å². The van der Waals surface area contributed by atoms with Gasteiger partial charge in [0.05, 0.1) is 0 Å². The van der Waals surface area contributed by atoms with Crippen molar-refractivity contribution in [2.75, 3.05) is 0 Å². The third-order valence-electron chi connectivity index (χ3n) is 1.54. The maximum absolute atomic E-state index is 10.2. The van der Waals surface area contributed by atoms with Crippen molar-refractivity contribution in [2.24, 2.45) is 11.7 Å². The van der Waals surface area contributed by atoms with E-state index in [1.54, 1.807) is 0 Å². The van der Waals surface area contributed by atoms with Crippen LogP contribution in [0.5, 0.6) is 0 Å². The fourth-order valence-corrected chi connectivity index (χ4v) is 0.497. The van der Waals surface area contributed by atoms with Gasteiger partial charge in [-0.2, -0.15) is 0 Å². The second-order valence-electron chi connectivity index (χ2n) is 2.25. The standard InChI is InChI=1S/C6H13NO2.Na/c1-3-4(2)5(7)6(8)9;/h4-5H,3,7H2,1-2H3,(H,8,9);/q;+1. The van der Waals surface area contributed by atoms with Gasteiger partial charge >= 0.3 is 35.5 Å². The minimum absolute atomic E-state index is 0. The predicted molar refractivity (Wildman–Crippen MR) is 35.1 cm³/mol. The molecule has 0 aromatic heterocycles. The normalized spacial score (nSPS) is 15.1. The van der Waals surface area contributed by atoms with E-state index < -0.39 is 12.0 Å². The third kappa shape index (κ3) is 4.28. The molecule has 3 N–H and O–H groups in total. The Morgan fingerprint density at radius 3 is 2.20 bits per heavy atom. The van der Waals surface area contributed by atoms with Crippen LogP contribution in [0.4, 0.5) is 0 Å². The molecule has 0 aliphatic rings. The van der Waals surface area contributed by atoms with E-state index in [2.05, 4.69) is 0 Å². The Balaban J connectivity index is 0. The van der Waals surface area contributed by atoms with E-state index in [9.17, 15) is 4.79 Å². The zero-order chi connectivity index (χ0) is 7.44. The van der Waals surface area contributed by atoms with Gasteiger partial charge in [0.1, 0.15) is 6.04 Å². The average Bonchev–Trinajstić information content (AvgIpc) is 1.84. The maximum Gasteiger partial charge on any atom is 1.00 e. The molecule has 0 saturated heterocycles. The first-order valence-corrected chi connectivity index (χ1v) is 3.08. The summed E-state index contributed by atoms with van der Waals surface area (Å²) in [6.45, 7) is 3.76. The van der Waals surface area contributed by atoms with Crippen molar-refractivity contribution >= 4 is 5.97 Å². The van der Waals surface area contributed by atoms with Crippen LogP contribution in [-0.4, -0.2) is 17.1 Å². The fourth-order valence-electron chi connectivity index (χ4n) is 0.497. The number of nitrogens with two attached hydrogens (primary N) is 1. The van der Waals surface area contributed by atoms with Crippen LogP contribution in [0, 0.1) is 5.92 Å². The second kappa shape index (κ2) is 6.16. The van der Waals surface area contributed by atoms with E-state index in [0.717, 1.165) is 6.42 Å². The monoisotopic (exact) mass is 154 g/mol. The van der Waals surface area contributed by atoms with Gasteiger partial charge in [0.2, 0.25) is 0 Å².